The molecule has 2 fully saturated rings. The van der Waals surface area contributed by atoms with Crippen LogP contribution in [0.5, 0.6) is 0 Å². The molecule has 2 amide bonds. The molecule has 6 heteroatoms. The van der Waals surface area contributed by atoms with Gasteiger partial charge in [-0.1, -0.05) is 17.7 Å². The molecule has 0 spiro atoms. The van der Waals surface area contributed by atoms with Crippen molar-refractivity contribution in [2.75, 3.05) is 37.5 Å². The first-order valence-corrected chi connectivity index (χ1v) is 11.5. The quantitative estimate of drug-likeness (QED) is 0.674. The third kappa shape index (κ3) is 5.49. The molecule has 2 aliphatic rings. The standard InChI is InChI=1S/C26H33N3O3/c1-18-6-4-7-20(14-18)26(31)29(17-23-8-5-13-32-23)16-21-15-22(11-12-24(21)28(2)3)27-25(30)19-9-10-19/h4,6-7,11-12,14-15,19,23H,5,8-10,13,16-17H2,1-3H3,(H,27,30)/t23-/m0/s1. The molecule has 4 rings (SSSR count). The van der Waals surface area contributed by atoms with Crippen molar-refractivity contribution in [3.8, 4) is 0 Å². The van der Waals surface area contributed by atoms with Gasteiger partial charge in [-0.05, 0) is 68.5 Å². The van der Waals surface area contributed by atoms with E-state index in [2.05, 4.69) is 5.32 Å². The van der Waals surface area contributed by atoms with Gasteiger partial charge in [-0.2, -0.15) is 0 Å². The number of hydrogen-bond acceptors (Lipinski definition) is 4. The van der Waals surface area contributed by atoms with Gasteiger partial charge in [-0.15, -0.1) is 0 Å². The van der Waals surface area contributed by atoms with Crippen molar-refractivity contribution < 1.29 is 14.3 Å². The summed E-state index contributed by atoms with van der Waals surface area (Å²) in [6.45, 7) is 3.76. The Labute approximate surface area is 190 Å². The summed E-state index contributed by atoms with van der Waals surface area (Å²) >= 11 is 0. The van der Waals surface area contributed by atoms with Gasteiger partial charge in [0.1, 0.15) is 0 Å². The third-order valence-corrected chi connectivity index (χ3v) is 6.14. The molecule has 1 saturated carbocycles. The fourth-order valence-corrected chi connectivity index (χ4v) is 4.24. The molecule has 1 heterocycles. The lowest BCUT2D eigenvalue weighted by Gasteiger charge is -2.28. The lowest BCUT2D eigenvalue weighted by molar-refractivity contribution is -0.117. The molecule has 1 saturated heterocycles. The minimum atomic E-state index is 0.00123. The van der Waals surface area contributed by atoms with Crippen LogP contribution in [-0.4, -0.2) is 50.1 Å². The third-order valence-electron chi connectivity index (χ3n) is 6.14. The monoisotopic (exact) mass is 435 g/mol. The van der Waals surface area contributed by atoms with Crippen LogP contribution in [0.3, 0.4) is 0 Å². The van der Waals surface area contributed by atoms with Crippen molar-refractivity contribution in [1.29, 1.82) is 0 Å². The minimum absolute atomic E-state index is 0.00123. The van der Waals surface area contributed by atoms with Gasteiger partial charge in [0.15, 0.2) is 0 Å². The molecule has 1 aliphatic heterocycles. The van der Waals surface area contributed by atoms with Crippen LogP contribution in [-0.2, 0) is 16.1 Å². The van der Waals surface area contributed by atoms with Crippen molar-refractivity contribution in [1.82, 2.24) is 4.90 Å². The summed E-state index contributed by atoms with van der Waals surface area (Å²) in [5.41, 5.74) is 4.56. The van der Waals surface area contributed by atoms with Crippen molar-refractivity contribution in [3.63, 3.8) is 0 Å². The second-order valence-corrected chi connectivity index (χ2v) is 9.19. The van der Waals surface area contributed by atoms with Crippen molar-refractivity contribution >= 4 is 23.2 Å². The van der Waals surface area contributed by atoms with Gasteiger partial charge < -0.3 is 19.9 Å². The second-order valence-electron chi connectivity index (χ2n) is 9.19. The van der Waals surface area contributed by atoms with Crippen LogP contribution in [0.1, 0.15) is 47.2 Å². The van der Waals surface area contributed by atoms with E-state index >= 15 is 0 Å². The number of aryl methyl sites for hydroxylation is 1. The first-order chi connectivity index (χ1) is 15.4. The predicted octanol–water partition coefficient (Wildman–Crippen LogP) is 4.23. The van der Waals surface area contributed by atoms with E-state index in [0.717, 1.165) is 54.8 Å². The maximum atomic E-state index is 13.5. The Hall–Kier alpha value is -2.86. The molecule has 1 N–H and O–H groups in total. The highest BCUT2D eigenvalue weighted by molar-refractivity contribution is 5.95. The maximum Gasteiger partial charge on any atom is 0.254 e. The zero-order valence-electron chi connectivity index (χ0n) is 19.3. The smallest absolute Gasteiger partial charge is 0.254 e. The highest BCUT2D eigenvalue weighted by Gasteiger charge is 2.30. The minimum Gasteiger partial charge on any atom is -0.377 e. The maximum absolute atomic E-state index is 13.5. The Morgan fingerprint density at radius 2 is 1.91 bits per heavy atom. The topological polar surface area (TPSA) is 61.9 Å². The number of rotatable bonds is 8. The predicted molar refractivity (Wildman–Crippen MR) is 127 cm³/mol. The summed E-state index contributed by atoms with van der Waals surface area (Å²) < 4.78 is 5.86. The molecular weight excluding hydrogens is 402 g/mol. The molecule has 1 atom stereocenters. The van der Waals surface area contributed by atoms with E-state index in [1.165, 1.54) is 0 Å². The largest absolute Gasteiger partial charge is 0.377 e. The molecule has 170 valence electrons. The van der Waals surface area contributed by atoms with E-state index in [0.29, 0.717) is 18.7 Å². The number of carbonyl (C=O) groups is 2. The van der Waals surface area contributed by atoms with E-state index in [-0.39, 0.29) is 23.8 Å². The fraction of sp³-hybridized carbons (Fsp3) is 0.462. The highest BCUT2D eigenvalue weighted by atomic mass is 16.5. The van der Waals surface area contributed by atoms with Gasteiger partial charge in [-0.25, -0.2) is 0 Å². The molecule has 0 unspecified atom stereocenters. The summed E-state index contributed by atoms with van der Waals surface area (Å²) in [4.78, 5) is 29.7. The SMILES string of the molecule is Cc1cccc(C(=O)N(Cc2cc(NC(=O)C3CC3)ccc2N(C)C)C[C@@H]2CCCO2)c1. The lowest BCUT2D eigenvalue weighted by Crippen LogP contribution is -2.37. The second kappa shape index (κ2) is 9.74. The number of carbonyl (C=O) groups excluding carboxylic acids is 2. The van der Waals surface area contributed by atoms with Crippen LogP contribution < -0.4 is 10.2 Å². The van der Waals surface area contributed by atoms with Crippen LogP contribution in [0.25, 0.3) is 0 Å². The molecule has 0 bridgehead atoms. The van der Waals surface area contributed by atoms with Crippen molar-refractivity contribution in [2.45, 2.75) is 45.3 Å². The summed E-state index contributed by atoms with van der Waals surface area (Å²) in [5, 5.41) is 3.04. The molecule has 32 heavy (non-hydrogen) atoms. The molecule has 0 radical (unpaired) electrons. The van der Waals surface area contributed by atoms with Gasteiger partial charge in [0.25, 0.3) is 5.91 Å². The fourth-order valence-electron chi connectivity index (χ4n) is 4.24. The van der Waals surface area contributed by atoms with E-state index in [1.807, 2.05) is 73.3 Å². The normalized spacial score (nSPS) is 17.8. The van der Waals surface area contributed by atoms with Crippen LogP contribution >= 0.6 is 0 Å². The molecular formula is C26H33N3O3. The van der Waals surface area contributed by atoms with E-state index in [1.54, 1.807) is 0 Å². The van der Waals surface area contributed by atoms with E-state index < -0.39 is 0 Å². The molecule has 1 aliphatic carbocycles. The number of anilines is 2. The van der Waals surface area contributed by atoms with Crippen molar-refractivity contribution in [3.05, 3.63) is 59.2 Å². The summed E-state index contributed by atoms with van der Waals surface area (Å²) in [6.07, 6.45) is 3.99. The number of amides is 2. The van der Waals surface area contributed by atoms with Gasteiger partial charge >= 0.3 is 0 Å². The van der Waals surface area contributed by atoms with E-state index in [4.69, 9.17) is 4.74 Å². The van der Waals surface area contributed by atoms with Gasteiger partial charge in [0.05, 0.1) is 6.10 Å². The summed E-state index contributed by atoms with van der Waals surface area (Å²) in [7, 11) is 3.99. The molecule has 6 nitrogen and oxygen atoms in total. The number of hydrogen-bond donors (Lipinski definition) is 1. The van der Waals surface area contributed by atoms with Gasteiger partial charge in [0, 0.05) is 56.6 Å². The lowest BCUT2D eigenvalue weighted by atomic mass is 10.1. The Balaban J connectivity index is 1.61. The van der Waals surface area contributed by atoms with Gasteiger partial charge in [-0.3, -0.25) is 9.59 Å². The molecule has 2 aromatic carbocycles. The zero-order valence-corrected chi connectivity index (χ0v) is 19.3. The summed E-state index contributed by atoms with van der Waals surface area (Å²) in [6, 6.07) is 13.7. The molecule has 2 aromatic rings. The van der Waals surface area contributed by atoms with Crippen LogP contribution in [0.2, 0.25) is 0 Å². The van der Waals surface area contributed by atoms with Crippen LogP contribution in [0, 0.1) is 12.8 Å². The average molecular weight is 436 g/mol. The van der Waals surface area contributed by atoms with Crippen LogP contribution in [0.15, 0.2) is 42.5 Å². The molecule has 0 aromatic heterocycles. The average Bonchev–Trinajstić information content (AvgIpc) is 3.50. The Morgan fingerprint density at radius 1 is 1.09 bits per heavy atom. The van der Waals surface area contributed by atoms with Gasteiger partial charge in [0.2, 0.25) is 5.91 Å². The number of nitrogens with one attached hydrogen (secondary N) is 1. The Kier molecular flexibility index (Phi) is 6.80. The van der Waals surface area contributed by atoms with Crippen LogP contribution in [0.4, 0.5) is 11.4 Å². The summed E-state index contributed by atoms with van der Waals surface area (Å²) in [5.74, 6) is 0.229. The highest BCUT2D eigenvalue weighted by Crippen LogP contribution is 2.31. The first kappa shape index (κ1) is 22.3. The number of benzene rings is 2. The number of nitrogens with zero attached hydrogens (tertiary/aromatic N) is 2. The Morgan fingerprint density at radius 3 is 2.56 bits per heavy atom. The number of ether oxygens (including phenoxy) is 1. The Bertz CT molecular complexity index is 978. The first-order valence-electron chi connectivity index (χ1n) is 11.5. The van der Waals surface area contributed by atoms with Crippen molar-refractivity contribution in [2.24, 2.45) is 5.92 Å². The van der Waals surface area contributed by atoms with E-state index in [9.17, 15) is 9.59 Å². The zero-order chi connectivity index (χ0) is 22.7.